The number of hydrogen-bond acceptors (Lipinski definition) is 5. The third kappa shape index (κ3) is 2.83. The highest BCUT2D eigenvalue weighted by atomic mass is 32.2. The molecular formula is C12H18N2O4S. The van der Waals surface area contributed by atoms with Gasteiger partial charge in [-0.15, -0.1) is 0 Å². The van der Waals surface area contributed by atoms with Gasteiger partial charge in [0.05, 0.1) is 18.3 Å². The van der Waals surface area contributed by atoms with Crippen molar-refractivity contribution in [2.45, 2.75) is 17.9 Å². The fourth-order valence-electron chi connectivity index (χ4n) is 2.03. The zero-order valence-electron chi connectivity index (χ0n) is 11.0. The number of nitrogens with one attached hydrogen (secondary N) is 1. The molecule has 1 aromatic rings. The molecule has 0 unspecified atom stereocenters. The first-order valence-corrected chi connectivity index (χ1v) is 7.54. The molecule has 19 heavy (non-hydrogen) atoms. The highest BCUT2D eigenvalue weighted by molar-refractivity contribution is 7.89. The number of anilines is 1. The van der Waals surface area contributed by atoms with Gasteiger partial charge in [-0.1, -0.05) is 6.07 Å². The minimum absolute atomic E-state index is 0.0507. The van der Waals surface area contributed by atoms with Gasteiger partial charge in [-0.3, -0.25) is 0 Å². The number of fused-ring (bicyclic) bond motifs is 1. The molecule has 1 aromatic carbocycles. The van der Waals surface area contributed by atoms with E-state index in [1.54, 1.807) is 37.1 Å². The predicted octanol–water partition coefficient (Wildman–Crippen LogP) is 0.174. The molecule has 7 heteroatoms. The summed E-state index contributed by atoms with van der Waals surface area (Å²) in [6, 6.07) is 4.80. The third-order valence-electron chi connectivity index (χ3n) is 2.92. The van der Waals surface area contributed by atoms with Gasteiger partial charge in [-0.25, -0.2) is 13.1 Å². The van der Waals surface area contributed by atoms with Crippen LogP contribution in [0.5, 0.6) is 5.75 Å². The first-order chi connectivity index (χ1) is 8.95. The lowest BCUT2D eigenvalue weighted by molar-refractivity contribution is 0.288. The SMILES string of the molecule is C[C@@H]1COc2cccc(N(C)CCO)c2S(=O)(=O)N1. The number of nitrogens with zero attached hydrogens (tertiary/aromatic N) is 1. The van der Waals surface area contributed by atoms with Crippen LogP contribution in [-0.4, -0.2) is 46.4 Å². The van der Waals surface area contributed by atoms with Crippen LogP contribution in [0.2, 0.25) is 0 Å². The molecule has 106 valence electrons. The standard InChI is InChI=1S/C12H18N2O4S/c1-9-8-18-11-5-3-4-10(14(2)6-7-15)12(11)19(16,17)13-9/h3-5,9,13,15H,6-8H2,1-2H3/t9-/m1/s1. The van der Waals surface area contributed by atoms with Gasteiger partial charge in [0.1, 0.15) is 17.3 Å². The zero-order chi connectivity index (χ0) is 14.0. The average Bonchev–Trinajstić information content (AvgIpc) is 2.46. The smallest absolute Gasteiger partial charge is 0.246 e. The fourth-order valence-corrected chi connectivity index (χ4v) is 3.64. The maximum Gasteiger partial charge on any atom is 0.246 e. The molecular weight excluding hydrogens is 268 g/mol. The number of benzene rings is 1. The maximum absolute atomic E-state index is 12.4. The minimum atomic E-state index is -3.62. The van der Waals surface area contributed by atoms with Gasteiger partial charge in [-0.05, 0) is 19.1 Å². The summed E-state index contributed by atoms with van der Waals surface area (Å²) in [5, 5.41) is 8.99. The second-order valence-corrected chi connectivity index (χ2v) is 6.23. The number of aliphatic hydroxyl groups is 1. The van der Waals surface area contributed by atoms with Gasteiger partial charge >= 0.3 is 0 Å². The van der Waals surface area contributed by atoms with Crippen LogP contribution in [0.25, 0.3) is 0 Å². The minimum Gasteiger partial charge on any atom is -0.490 e. The quantitative estimate of drug-likeness (QED) is 0.828. The molecule has 0 saturated heterocycles. The van der Waals surface area contributed by atoms with Crippen LogP contribution < -0.4 is 14.4 Å². The summed E-state index contributed by atoms with van der Waals surface area (Å²) in [6.45, 7) is 2.34. The van der Waals surface area contributed by atoms with Crippen molar-refractivity contribution in [1.82, 2.24) is 4.72 Å². The van der Waals surface area contributed by atoms with E-state index in [1.165, 1.54) is 0 Å². The Morgan fingerprint density at radius 1 is 1.53 bits per heavy atom. The van der Waals surface area contributed by atoms with Gasteiger partial charge in [0.25, 0.3) is 0 Å². The Morgan fingerprint density at radius 2 is 2.26 bits per heavy atom. The van der Waals surface area contributed by atoms with Crippen molar-refractivity contribution in [3.8, 4) is 5.75 Å². The third-order valence-corrected chi connectivity index (χ3v) is 4.58. The number of sulfonamides is 1. The lowest BCUT2D eigenvalue weighted by Crippen LogP contribution is -2.34. The summed E-state index contributed by atoms with van der Waals surface area (Å²) in [6.07, 6.45) is 0. The Morgan fingerprint density at radius 3 is 2.95 bits per heavy atom. The molecule has 0 spiro atoms. The second kappa shape index (κ2) is 5.36. The Balaban J connectivity index is 2.56. The van der Waals surface area contributed by atoms with Crippen LogP contribution in [0.3, 0.4) is 0 Å². The lowest BCUT2D eigenvalue weighted by atomic mass is 10.2. The van der Waals surface area contributed by atoms with Crippen LogP contribution in [0, 0.1) is 0 Å². The average molecular weight is 286 g/mol. The first-order valence-electron chi connectivity index (χ1n) is 6.06. The molecule has 1 aliphatic heterocycles. The largest absolute Gasteiger partial charge is 0.490 e. The monoisotopic (exact) mass is 286 g/mol. The molecule has 0 aromatic heterocycles. The summed E-state index contributed by atoms with van der Waals surface area (Å²) >= 11 is 0. The number of hydrogen-bond donors (Lipinski definition) is 2. The Hall–Kier alpha value is -1.31. The van der Waals surface area contributed by atoms with Crippen LogP contribution in [-0.2, 0) is 10.0 Å². The topological polar surface area (TPSA) is 78.9 Å². The van der Waals surface area contributed by atoms with E-state index in [0.717, 1.165) is 0 Å². The molecule has 1 atom stereocenters. The van der Waals surface area contributed by atoms with Gasteiger partial charge in [-0.2, -0.15) is 0 Å². The van der Waals surface area contributed by atoms with Crippen molar-refractivity contribution < 1.29 is 18.3 Å². The fraction of sp³-hybridized carbons (Fsp3) is 0.500. The predicted molar refractivity (Wildman–Crippen MR) is 72.1 cm³/mol. The van der Waals surface area contributed by atoms with Crippen molar-refractivity contribution in [3.05, 3.63) is 18.2 Å². The molecule has 0 amide bonds. The van der Waals surface area contributed by atoms with Gasteiger partial charge in [0, 0.05) is 13.6 Å². The summed E-state index contributed by atoms with van der Waals surface area (Å²) in [5.41, 5.74) is 0.521. The number of ether oxygens (including phenoxy) is 1. The van der Waals surface area contributed by atoms with Crippen molar-refractivity contribution in [1.29, 1.82) is 0 Å². The van der Waals surface area contributed by atoms with Gasteiger partial charge < -0.3 is 14.7 Å². The van der Waals surface area contributed by atoms with Crippen molar-refractivity contribution in [2.24, 2.45) is 0 Å². The first kappa shape index (κ1) is 14.1. The van der Waals surface area contributed by atoms with E-state index in [0.29, 0.717) is 24.6 Å². The van der Waals surface area contributed by atoms with E-state index in [1.807, 2.05) is 0 Å². The van der Waals surface area contributed by atoms with E-state index in [-0.39, 0.29) is 17.5 Å². The summed E-state index contributed by atoms with van der Waals surface area (Å²) in [4.78, 5) is 1.83. The number of likely N-dealkylation sites (N-methyl/N-ethyl adjacent to an activating group) is 1. The summed E-state index contributed by atoms with van der Waals surface area (Å²) in [7, 11) is -1.89. The molecule has 2 rings (SSSR count). The Kier molecular flexibility index (Phi) is 3.98. The zero-order valence-corrected chi connectivity index (χ0v) is 11.8. The Bertz CT molecular complexity index is 559. The Labute approximate surface area is 113 Å². The van der Waals surface area contributed by atoms with Crippen molar-refractivity contribution >= 4 is 15.7 Å². The van der Waals surface area contributed by atoms with Crippen LogP contribution >= 0.6 is 0 Å². The molecule has 0 radical (unpaired) electrons. The summed E-state index contributed by atoms with van der Waals surface area (Å²) < 4.78 is 32.8. The van der Waals surface area contributed by atoms with E-state index >= 15 is 0 Å². The van der Waals surface area contributed by atoms with E-state index in [2.05, 4.69) is 4.72 Å². The molecule has 2 N–H and O–H groups in total. The van der Waals surface area contributed by atoms with E-state index in [4.69, 9.17) is 9.84 Å². The highest BCUT2D eigenvalue weighted by Crippen LogP contribution is 2.34. The van der Waals surface area contributed by atoms with Crippen LogP contribution in [0.1, 0.15) is 6.92 Å². The van der Waals surface area contributed by atoms with Crippen LogP contribution in [0.15, 0.2) is 23.1 Å². The molecule has 6 nitrogen and oxygen atoms in total. The number of rotatable bonds is 3. The molecule has 0 aliphatic carbocycles. The number of aliphatic hydroxyl groups excluding tert-OH is 1. The molecule has 0 fully saturated rings. The van der Waals surface area contributed by atoms with Gasteiger partial charge in [0.2, 0.25) is 10.0 Å². The molecule has 0 saturated carbocycles. The maximum atomic E-state index is 12.4. The van der Waals surface area contributed by atoms with Gasteiger partial charge in [0.15, 0.2) is 0 Å². The molecule has 0 bridgehead atoms. The van der Waals surface area contributed by atoms with Crippen molar-refractivity contribution in [2.75, 3.05) is 31.7 Å². The second-order valence-electron chi connectivity index (χ2n) is 4.58. The van der Waals surface area contributed by atoms with E-state index < -0.39 is 10.0 Å². The van der Waals surface area contributed by atoms with Crippen LogP contribution in [0.4, 0.5) is 5.69 Å². The lowest BCUT2D eigenvalue weighted by Gasteiger charge is -2.21. The van der Waals surface area contributed by atoms with E-state index in [9.17, 15) is 8.42 Å². The molecule has 1 heterocycles. The molecule has 1 aliphatic rings. The normalized spacial score (nSPS) is 21.1. The van der Waals surface area contributed by atoms with Crippen molar-refractivity contribution in [3.63, 3.8) is 0 Å². The summed E-state index contributed by atoms with van der Waals surface area (Å²) in [5.74, 6) is 0.346. The highest BCUT2D eigenvalue weighted by Gasteiger charge is 2.30.